The lowest BCUT2D eigenvalue weighted by molar-refractivity contribution is -0.125. The van der Waals surface area contributed by atoms with Crippen LogP contribution in [0.2, 0.25) is 5.02 Å². The molecule has 2 amide bonds. The summed E-state index contributed by atoms with van der Waals surface area (Å²) < 4.78 is 34.5. The van der Waals surface area contributed by atoms with Gasteiger partial charge in [0.1, 0.15) is 11.8 Å². The first-order chi connectivity index (χ1) is 19.6. The maximum Gasteiger partial charge on any atom is 0.264 e. The van der Waals surface area contributed by atoms with Gasteiger partial charge < -0.3 is 15.8 Å². The zero-order valence-electron chi connectivity index (χ0n) is 22.3. The SMILES string of the molecule is COc1ccc(S(=O)(=O)NC(=NC(C)C(=O)NCC(N)=O)N2CC(c3ccccc3)C(c3ccc(Cl)cc3)=N2)cc1. The zero-order valence-corrected chi connectivity index (χ0v) is 23.9. The average molecular weight is 597 g/mol. The lowest BCUT2D eigenvalue weighted by Crippen LogP contribution is -2.44. The molecule has 0 saturated carbocycles. The van der Waals surface area contributed by atoms with Gasteiger partial charge in [-0.15, -0.1) is 0 Å². The van der Waals surface area contributed by atoms with Gasteiger partial charge in [-0.3, -0.25) is 9.59 Å². The van der Waals surface area contributed by atoms with Crippen LogP contribution in [-0.4, -0.2) is 63.2 Å². The Kier molecular flexibility index (Phi) is 9.25. The molecule has 0 fully saturated rings. The minimum absolute atomic E-state index is 0.0439. The van der Waals surface area contributed by atoms with E-state index in [9.17, 15) is 18.0 Å². The van der Waals surface area contributed by atoms with Gasteiger partial charge in [-0.25, -0.2) is 23.1 Å². The Balaban J connectivity index is 1.75. The minimum atomic E-state index is -4.16. The lowest BCUT2D eigenvalue weighted by atomic mass is 9.91. The van der Waals surface area contributed by atoms with E-state index in [0.717, 1.165) is 11.1 Å². The van der Waals surface area contributed by atoms with Gasteiger partial charge in [-0.2, -0.15) is 5.10 Å². The first-order valence-corrected chi connectivity index (χ1v) is 14.4. The molecule has 3 aromatic rings. The molecule has 214 valence electrons. The molecule has 4 N–H and O–H groups in total. The first-order valence-electron chi connectivity index (χ1n) is 12.5. The van der Waals surface area contributed by atoms with E-state index in [2.05, 4.69) is 15.0 Å². The third-order valence-electron chi connectivity index (χ3n) is 6.23. The predicted molar refractivity (Wildman–Crippen MR) is 156 cm³/mol. The van der Waals surface area contributed by atoms with Crippen molar-refractivity contribution >= 4 is 45.1 Å². The van der Waals surface area contributed by atoms with E-state index in [1.54, 1.807) is 12.1 Å². The average Bonchev–Trinajstić information content (AvgIpc) is 3.42. The fourth-order valence-electron chi connectivity index (χ4n) is 4.11. The number of nitrogens with two attached hydrogens (primary N) is 1. The van der Waals surface area contributed by atoms with Crippen LogP contribution in [0.15, 0.2) is 93.9 Å². The largest absolute Gasteiger partial charge is 0.497 e. The zero-order chi connectivity index (χ0) is 29.6. The number of nitrogens with one attached hydrogen (secondary N) is 2. The lowest BCUT2D eigenvalue weighted by Gasteiger charge is -2.21. The van der Waals surface area contributed by atoms with E-state index >= 15 is 0 Å². The van der Waals surface area contributed by atoms with Crippen LogP contribution in [0.4, 0.5) is 0 Å². The van der Waals surface area contributed by atoms with Gasteiger partial charge in [0.2, 0.25) is 17.8 Å². The number of primary amides is 1. The number of halogens is 1. The number of hydrogen-bond acceptors (Lipinski definition) is 7. The van der Waals surface area contributed by atoms with Crippen molar-refractivity contribution < 1.29 is 22.7 Å². The summed E-state index contributed by atoms with van der Waals surface area (Å²) in [7, 11) is -2.68. The van der Waals surface area contributed by atoms with Crippen molar-refractivity contribution in [3.63, 3.8) is 0 Å². The number of aliphatic imine (C=N–C) groups is 1. The van der Waals surface area contributed by atoms with Gasteiger partial charge in [0.05, 0.1) is 30.8 Å². The summed E-state index contributed by atoms with van der Waals surface area (Å²) in [6.07, 6.45) is 0. The molecule has 13 heteroatoms. The van der Waals surface area contributed by atoms with Gasteiger partial charge in [0.25, 0.3) is 10.0 Å². The molecule has 2 atom stereocenters. The van der Waals surface area contributed by atoms with Crippen molar-refractivity contribution in [1.29, 1.82) is 0 Å². The first kappa shape index (κ1) is 29.6. The Morgan fingerprint density at radius 2 is 1.76 bits per heavy atom. The summed E-state index contributed by atoms with van der Waals surface area (Å²) >= 11 is 6.11. The highest BCUT2D eigenvalue weighted by Crippen LogP contribution is 2.30. The molecule has 3 aromatic carbocycles. The van der Waals surface area contributed by atoms with Crippen LogP contribution in [-0.2, 0) is 19.6 Å². The highest BCUT2D eigenvalue weighted by molar-refractivity contribution is 7.90. The summed E-state index contributed by atoms with van der Waals surface area (Å²) in [6.45, 7) is 1.30. The molecular weight excluding hydrogens is 568 g/mol. The number of carbonyl (C=O) groups is 2. The summed E-state index contributed by atoms with van der Waals surface area (Å²) in [6, 6.07) is 21.5. The fraction of sp³-hybridized carbons (Fsp3) is 0.214. The van der Waals surface area contributed by atoms with Gasteiger partial charge in [0, 0.05) is 10.9 Å². The molecule has 41 heavy (non-hydrogen) atoms. The highest BCUT2D eigenvalue weighted by Gasteiger charge is 2.33. The van der Waals surface area contributed by atoms with Crippen molar-refractivity contribution in [1.82, 2.24) is 15.0 Å². The second-order valence-electron chi connectivity index (χ2n) is 9.13. The number of ether oxygens (including phenoxy) is 1. The van der Waals surface area contributed by atoms with E-state index in [1.165, 1.54) is 43.3 Å². The summed E-state index contributed by atoms with van der Waals surface area (Å²) in [5.41, 5.74) is 7.54. The highest BCUT2D eigenvalue weighted by atomic mass is 35.5. The number of hydrogen-bond donors (Lipinski definition) is 3. The van der Waals surface area contributed by atoms with Crippen LogP contribution < -0.4 is 20.5 Å². The van der Waals surface area contributed by atoms with Gasteiger partial charge in [-0.05, 0) is 54.4 Å². The number of guanidine groups is 1. The van der Waals surface area contributed by atoms with Crippen LogP contribution in [0.5, 0.6) is 5.75 Å². The molecule has 4 rings (SSSR count). The molecule has 0 saturated heterocycles. The number of carbonyl (C=O) groups excluding carboxylic acids is 2. The monoisotopic (exact) mass is 596 g/mol. The second kappa shape index (κ2) is 12.8. The minimum Gasteiger partial charge on any atom is -0.497 e. The van der Waals surface area contributed by atoms with Crippen LogP contribution in [0.1, 0.15) is 24.0 Å². The number of hydrazone groups is 1. The maximum absolute atomic E-state index is 13.4. The number of benzene rings is 3. The predicted octanol–water partition coefficient (Wildman–Crippen LogP) is 2.48. The van der Waals surface area contributed by atoms with Crippen LogP contribution in [0.25, 0.3) is 0 Å². The Labute approximate surface area is 243 Å². The molecule has 0 radical (unpaired) electrons. The maximum atomic E-state index is 13.4. The Morgan fingerprint density at radius 3 is 2.37 bits per heavy atom. The molecule has 2 unspecified atom stereocenters. The summed E-state index contributed by atoms with van der Waals surface area (Å²) in [4.78, 5) is 28.1. The molecular formula is C28H29ClN6O5S. The Morgan fingerprint density at radius 1 is 1.10 bits per heavy atom. The van der Waals surface area contributed by atoms with E-state index in [-0.39, 0.29) is 29.9 Å². The topological polar surface area (TPSA) is 156 Å². The number of nitrogens with zero attached hydrogens (tertiary/aromatic N) is 3. The molecule has 0 spiro atoms. The Hall–Kier alpha value is -4.42. The van der Waals surface area contributed by atoms with Crippen molar-refractivity contribution in [3.8, 4) is 5.75 Å². The third kappa shape index (κ3) is 7.41. The van der Waals surface area contributed by atoms with Gasteiger partial charge >= 0.3 is 0 Å². The smallest absolute Gasteiger partial charge is 0.264 e. The Bertz CT molecular complexity index is 1560. The molecule has 1 heterocycles. The standard InChI is InChI=1S/C28H29ClN6O5S/c1-18(27(37)31-16-25(30)36)32-28(34-41(38,39)23-14-12-22(40-2)13-15-23)35-17-24(19-6-4-3-5-7-19)26(33-35)20-8-10-21(29)11-9-20/h3-15,18,24H,16-17H2,1-2H3,(H2,30,36)(H,31,37)(H,32,34). The summed E-state index contributed by atoms with van der Waals surface area (Å²) in [5, 5.41) is 9.12. The van der Waals surface area contributed by atoms with Crippen molar-refractivity contribution in [2.75, 3.05) is 20.2 Å². The van der Waals surface area contributed by atoms with Crippen LogP contribution >= 0.6 is 11.6 Å². The summed E-state index contributed by atoms with van der Waals surface area (Å²) in [5.74, 6) is -1.29. The molecule has 11 nitrogen and oxygen atoms in total. The number of sulfonamides is 1. The van der Waals surface area contributed by atoms with E-state index in [1.807, 2.05) is 42.5 Å². The van der Waals surface area contributed by atoms with Crippen molar-refractivity contribution in [3.05, 3.63) is 95.0 Å². The van der Waals surface area contributed by atoms with E-state index in [4.69, 9.17) is 27.2 Å². The van der Waals surface area contributed by atoms with Gasteiger partial charge in [-0.1, -0.05) is 54.1 Å². The van der Waals surface area contributed by atoms with Crippen LogP contribution in [0, 0.1) is 0 Å². The van der Waals surface area contributed by atoms with E-state index in [0.29, 0.717) is 16.5 Å². The van der Waals surface area contributed by atoms with Crippen LogP contribution in [0.3, 0.4) is 0 Å². The van der Waals surface area contributed by atoms with Gasteiger partial charge in [0.15, 0.2) is 0 Å². The molecule has 1 aliphatic rings. The number of methoxy groups -OCH3 is 1. The fourth-order valence-corrected chi connectivity index (χ4v) is 5.24. The van der Waals surface area contributed by atoms with E-state index < -0.39 is 27.9 Å². The molecule has 1 aliphatic heterocycles. The molecule has 0 aromatic heterocycles. The number of rotatable bonds is 9. The third-order valence-corrected chi connectivity index (χ3v) is 7.82. The molecule has 0 aliphatic carbocycles. The molecule has 0 bridgehead atoms. The number of amides is 2. The quantitative estimate of drug-likeness (QED) is 0.254. The second-order valence-corrected chi connectivity index (χ2v) is 11.3. The van der Waals surface area contributed by atoms with Crippen molar-refractivity contribution in [2.24, 2.45) is 15.8 Å². The van der Waals surface area contributed by atoms with Crippen molar-refractivity contribution in [2.45, 2.75) is 23.8 Å². The normalized spacial score (nSPS) is 16.1.